The molecule has 1 aromatic heterocycles. The minimum absolute atomic E-state index is 0.0561. The Morgan fingerprint density at radius 1 is 1.44 bits per heavy atom. The van der Waals surface area contributed by atoms with Crippen molar-refractivity contribution in [2.45, 2.75) is 52.0 Å². The van der Waals surface area contributed by atoms with E-state index in [-0.39, 0.29) is 5.78 Å². The first-order valence-electron chi connectivity index (χ1n) is 6.81. The quantitative estimate of drug-likeness (QED) is 0.778. The molecular formula is C14H22N2OS. The highest BCUT2D eigenvalue weighted by atomic mass is 32.1. The van der Waals surface area contributed by atoms with Crippen LogP contribution < -0.4 is 4.90 Å². The number of hydrogen-bond donors (Lipinski definition) is 0. The number of rotatable bonds is 4. The topological polar surface area (TPSA) is 33.2 Å². The first-order chi connectivity index (χ1) is 8.61. The molecule has 0 atom stereocenters. The third-order valence-corrected chi connectivity index (χ3v) is 5.03. The van der Waals surface area contributed by atoms with Crippen LogP contribution in [0.1, 0.15) is 56.4 Å². The Bertz CT molecular complexity index is 408. The number of anilines is 1. The zero-order valence-corrected chi connectivity index (χ0v) is 12.3. The summed E-state index contributed by atoms with van der Waals surface area (Å²) in [5.74, 6) is 0.972. The number of thiazole rings is 1. The average molecular weight is 266 g/mol. The molecule has 0 radical (unpaired) electrons. The van der Waals surface area contributed by atoms with Crippen LogP contribution in [0.25, 0.3) is 0 Å². The smallest absolute Gasteiger partial charge is 0.185 e. The summed E-state index contributed by atoms with van der Waals surface area (Å²) >= 11 is 1.58. The van der Waals surface area contributed by atoms with Crippen LogP contribution in [-0.2, 0) is 0 Å². The summed E-state index contributed by atoms with van der Waals surface area (Å²) < 4.78 is 0. The molecule has 0 N–H and O–H groups in total. The Kier molecular flexibility index (Phi) is 4.38. The highest BCUT2D eigenvalue weighted by Crippen LogP contribution is 2.32. The van der Waals surface area contributed by atoms with Crippen molar-refractivity contribution in [3.63, 3.8) is 0 Å². The van der Waals surface area contributed by atoms with Gasteiger partial charge in [-0.3, -0.25) is 4.79 Å². The Morgan fingerprint density at radius 2 is 2.11 bits per heavy atom. The summed E-state index contributed by atoms with van der Waals surface area (Å²) in [5, 5.41) is 2.85. The van der Waals surface area contributed by atoms with Crippen LogP contribution in [0.15, 0.2) is 5.38 Å². The van der Waals surface area contributed by atoms with Crippen molar-refractivity contribution in [3.8, 4) is 0 Å². The molecule has 100 valence electrons. The Morgan fingerprint density at radius 3 is 2.61 bits per heavy atom. The summed E-state index contributed by atoms with van der Waals surface area (Å²) in [4.78, 5) is 18.0. The number of ketones is 1. The molecule has 0 aromatic carbocycles. The molecule has 18 heavy (non-hydrogen) atoms. The summed E-state index contributed by atoms with van der Waals surface area (Å²) in [6.07, 6.45) is 6.48. The van der Waals surface area contributed by atoms with Gasteiger partial charge >= 0.3 is 0 Å². The minimum Gasteiger partial charge on any atom is -0.348 e. The first kappa shape index (κ1) is 13.5. The van der Waals surface area contributed by atoms with Gasteiger partial charge in [0.15, 0.2) is 10.9 Å². The minimum atomic E-state index is 0.0561. The number of aromatic nitrogens is 1. The average Bonchev–Trinajstić information content (AvgIpc) is 2.88. The lowest BCUT2D eigenvalue weighted by Gasteiger charge is -2.34. The maximum absolute atomic E-state index is 11.3. The molecule has 1 aromatic rings. The standard InChI is InChI=1S/C14H22N2OS/c1-4-11-5-7-12(8-6-11)16(3)14-15-13(9-18-14)10(2)17/h9,11-12H,4-8H2,1-3H3. The Balaban J connectivity index is 1.98. The molecule has 2 rings (SSSR count). The largest absolute Gasteiger partial charge is 0.348 e. The number of hydrogen-bond acceptors (Lipinski definition) is 4. The second kappa shape index (κ2) is 5.83. The second-order valence-corrected chi connectivity index (χ2v) is 6.10. The summed E-state index contributed by atoms with van der Waals surface area (Å²) in [7, 11) is 2.11. The van der Waals surface area contributed by atoms with E-state index in [1.165, 1.54) is 32.1 Å². The van der Waals surface area contributed by atoms with Gasteiger partial charge in [0.25, 0.3) is 0 Å². The van der Waals surface area contributed by atoms with Crippen LogP contribution in [0.4, 0.5) is 5.13 Å². The van der Waals surface area contributed by atoms with Crippen molar-refractivity contribution in [1.29, 1.82) is 0 Å². The maximum Gasteiger partial charge on any atom is 0.185 e. The van der Waals surface area contributed by atoms with Gasteiger partial charge in [-0.1, -0.05) is 13.3 Å². The number of carbonyl (C=O) groups is 1. The molecule has 1 fully saturated rings. The van der Waals surface area contributed by atoms with E-state index < -0.39 is 0 Å². The molecule has 1 aliphatic carbocycles. The molecule has 0 aliphatic heterocycles. The van der Waals surface area contributed by atoms with Gasteiger partial charge in [-0.05, 0) is 31.6 Å². The molecule has 0 amide bonds. The van der Waals surface area contributed by atoms with Crippen LogP contribution in [0.2, 0.25) is 0 Å². The van der Waals surface area contributed by atoms with Gasteiger partial charge < -0.3 is 4.90 Å². The molecule has 1 saturated carbocycles. The van der Waals surface area contributed by atoms with Gasteiger partial charge in [0.2, 0.25) is 0 Å². The van der Waals surface area contributed by atoms with Gasteiger partial charge in [0, 0.05) is 25.4 Å². The number of carbonyl (C=O) groups excluding carboxylic acids is 1. The summed E-state index contributed by atoms with van der Waals surface area (Å²) in [5.41, 5.74) is 0.601. The molecule has 1 aliphatic rings. The maximum atomic E-state index is 11.3. The van der Waals surface area contributed by atoms with E-state index in [2.05, 4.69) is 23.9 Å². The van der Waals surface area contributed by atoms with Crippen molar-refractivity contribution in [2.75, 3.05) is 11.9 Å². The predicted molar refractivity (Wildman–Crippen MR) is 76.6 cm³/mol. The van der Waals surface area contributed by atoms with Gasteiger partial charge in [0.1, 0.15) is 5.69 Å². The molecule has 3 nitrogen and oxygen atoms in total. The van der Waals surface area contributed by atoms with E-state index in [1.807, 2.05) is 5.38 Å². The van der Waals surface area contributed by atoms with E-state index in [0.717, 1.165) is 11.0 Å². The molecule has 0 saturated heterocycles. The second-order valence-electron chi connectivity index (χ2n) is 5.27. The Labute approximate surface area is 113 Å². The summed E-state index contributed by atoms with van der Waals surface area (Å²) in [6, 6.07) is 0.596. The van der Waals surface area contributed by atoms with Crippen LogP contribution in [-0.4, -0.2) is 23.9 Å². The van der Waals surface area contributed by atoms with Gasteiger partial charge in [-0.15, -0.1) is 11.3 Å². The van der Waals surface area contributed by atoms with E-state index in [4.69, 9.17) is 0 Å². The van der Waals surface area contributed by atoms with E-state index >= 15 is 0 Å². The van der Waals surface area contributed by atoms with Gasteiger partial charge in [-0.25, -0.2) is 4.98 Å². The molecule has 0 bridgehead atoms. The van der Waals surface area contributed by atoms with E-state index in [1.54, 1.807) is 18.3 Å². The van der Waals surface area contributed by atoms with Crippen molar-refractivity contribution >= 4 is 22.3 Å². The lowest BCUT2D eigenvalue weighted by molar-refractivity contribution is 0.101. The first-order valence-corrected chi connectivity index (χ1v) is 7.69. The SMILES string of the molecule is CCC1CCC(N(C)c2nc(C(C)=O)cs2)CC1. The number of nitrogens with zero attached hydrogens (tertiary/aromatic N) is 2. The van der Waals surface area contributed by atoms with Crippen molar-refractivity contribution in [2.24, 2.45) is 5.92 Å². The van der Waals surface area contributed by atoms with Crippen LogP contribution in [0.5, 0.6) is 0 Å². The zero-order chi connectivity index (χ0) is 13.1. The van der Waals surface area contributed by atoms with Crippen molar-refractivity contribution in [3.05, 3.63) is 11.1 Å². The molecule has 1 heterocycles. The van der Waals surface area contributed by atoms with Crippen LogP contribution in [0, 0.1) is 5.92 Å². The molecule has 4 heteroatoms. The van der Waals surface area contributed by atoms with Crippen molar-refractivity contribution < 1.29 is 4.79 Å². The van der Waals surface area contributed by atoms with Crippen molar-refractivity contribution in [1.82, 2.24) is 4.98 Å². The van der Waals surface area contributed by atoms with E-state index in [9.17, 15) is 4.79 Å². The molecule has 0 spiro atoms. The van der Waals surface area contributed by atoms with Gasteiger partial charge in [0.05, 0.1) is 0 Å². The molecular weight excluding hydrogens is 244 g/mol. The Hall–Kier alpha value is -0.900. The normalized spacial score (nSPS) is 23.9. The lowest BCUT2D eigenvalue weighted by Crippen LogP contribution is -2.35. The predicted octanol–water partition coefficient (Wildman–Crippen LogP) is 3.75. The molecule has 0 unspecified atom stereocenters. The van der Waals surface area contributed by atoms with E-state index in [0.29, 0.717) is 11.7 Å². The lowest BCUT2D eigenvalue weighted by atomic mass is 9.84. The highest BCUT2D eigenvalue weighted by molar-refractivity contribution is 7.13. The third-order valence-electron chi connectivity index (χ3n) is 4.10. The van der Waals surface area contributed by atoms with Crippen LogP contribution >= 0.6 is 11.3 Å². The fourth-order valence-corrected chi connectivity index (χ4v) is 3.59. The van der Waals surface area contributed by atoms with Crippen LogP contribution in [0.3, 0.4) is 0 Å². The fraction of sp³-hybridized carbons (Fsp3) is 0.714. The van der Waals surface area contributed by atoms with Gasteiger partial charge in [-0.2, -0.15) is 0 Å². The summed E-state index contributed by atoms with van der Waals surface area (Å²) in [6.45, 7) is 3.86. The third kappa shape index (κ3) is 2.91. The monoisotopic (exact) mass is 266 g/mol. The highest BCUT2D eigenvalue weighted by Gasteiger charge is 2.24. The fourth-order valence-electron chi connectivity index (χ4n) is 2.68. The zero-order valence-electron chi connectivity index (χ0n) is 11.5. The number of Topliss-reactive ketones (excluding diaryl/α,β-unsaturated/α-hetero) is 1.